The van der Waals surface area contributed by atoms with Gasteiger partial charge >= 0.3 is 0 Å². The Hall–Kier alpha value is -1.31. The number of nitrogens with one attached hydrogen (secondary N) is 1. The zero-order valence-corrected chi connectivity index (χ0v) is 7.33. The van der Waals surface area contributed by atoms with Crippen LogP contribution in [0.3, 0.4) is 0 Å². The molecule has 0 atom stereocenters. The van der Waals surface area contributed by atoms with Crippen molar-refractivity contribution in [2.75, 3.05) is 0 Å². The van der Waals surface area contributed by atoms with Crippen molar-refractivity contribution in [1.82, 2.24) is 9.97 Å². The maximum absolute atomic E-state index is 4.46. The third-order valence-corrected chi connectivity index (χ3v) is 1.95. The van der Waals surface area contributed by atoms with Crippen LogP contribution < -0.4 is 0 Å². The van der Waals surface area contributed by atoms with Crippen molar-refractivity contribution in [2.24, 2.45) is 0 Å². The number of benzene rings is 1. The highest BCUT2D eigenvalue weighted by molar-refractivity contribution is 5.74. The second-order valence-corrected chi connectivity index (χ2v) is 3.29. The lowest BCUT2D eigenvalue weighted by atomic mass is 10.2. The smallest absolute Gasteiger partial charge is 0.109 e. The number of fused-ring (bicyclic) bond motifs is 1. The van der Waals surface area contributed by atoms with Crippen molar-refractivity contribution < 1.29 is 1.43 Å². The third kappa shape index (κ3) is 1.72. The molecule has 0 aliphatic heterocycles. The van der Waals surface area contributed by atoms with Crippen molar-refractivity contribution in [3.63, 3.8) is 0 Å². The van der Waals surface area contributed by atoms with Gasteiger partial charge in [-0.2, -0.15) is 0 Å². The van der Waals surface area contributed by atoms with Crippen molar-refractivity contribution in [1.29, 1.82) is 0 Å². The second-order valence-electron chi connectivity index (χ2n) is 3.29. The number of nitrogens with zero attached hydrogens (tertiary/aromatic N) is 1. The predicted molar refractivity (Wildman–Crippen MR) is 59.0 cm³/mol. The van der Waals surface area contributed by atoms with E-state index in [0.717, 1.165) is 16.9 Å². The molecule has 1 aromatic heterocycles. The Morgan fingerprint density at radius 3 is 2.62 bits per heavy atom. The van der Waals surface area contributed by atoms with Gasteiger partial charge in [0.15, 0.2) is 0 Å². The molecule has 0 fully saturated rings. The molecule has 1 heterocycles. The fourth-order valence-electron chi connectivity index (χ4n) is 1.25. The molecular formula is C11H18N2. The van der Waals surface area contributed by atoms with E-state index in [0.29, 0.717) is 5.92 Å². The topological polar surface area (TPSA) is 28.7 Å². The maximum Gasteiger partial charge on any atom is 0.109 e. The minimum Gasteiger partial charge on any atom is -0.342 e. The summed E-state index contributed by atoms with van der Waals surface area (Å²) >= 11 is 0. The van der Waals surface area contributed by atoms with Crippen molar-refractivity contribution >= 4 is 11.0 Å². The average molecular weight is 178 g/mol. The first-order valence-corrected chi connectivity index (χ1v) is 4.22. The van der Waals surface area contributed by atoms with E-state index in [9.17, 15) is 0 Å². The summed E-state index contributed by atoms with van der Waals surface area (Å²) in [6, 6.07) is 8.10. The summed E-state index contributed by atoms with van der Waals surface area (Å²) in [5.41, 5.74) is 2.18. The Balaban J connectivity index is 0.000000845. The summed E-state index contributed by atoms with van der Waals surface area (Å²) in [6.45, 7) is 4.27. The molecule has 2 aromatic rings. The minimum absolute atomic E-state index is 0. The highest BCUT2D eigenvalue weighted by atomic mass is 14.9. The van der Waals surface area contributed by atoms with Crippen molar-refractivity contribution in [3.05, 3.63) is 30.1 Å². The van der Waals surface area contributed by atoms with Crippen molar-refractivity contribution in [3.8, 4) is 0 Å². The van der Waals surface area contributed by atoms with Gasteiger partial charge in [0.25, 0.3) is 0 Å². The van der Waals surface area contributed by atoms with Gasteiger partial charge in [-0.3, -0.25) is 0 Å². The van der Waals surface area contributed by atoms with Gasteiger partial charge in [0.05, 0.1) is 11.0 Å². The molecular weight excluding hydrogens is 160 g/mol. The first kappa shape index (κ1) is 9.78. The van der Waals surface area contributed by atoms with E-state index in [4.69, 9.17) is 0 Å². The Morgan fingerprint density at radius 1 is 1.31 bits per heavy atom. The van der Waals surface area contributed by atoms with E-state index in [-0.39, 0.29) is 8.85 Å². The third-order valence-electron chi connectivity index (χ3n) is 1.95. The molecule has 1 N–H and O–H groups in total. The molecule has 0 saturated carbocycles. The van der Waals surface area contributed by atoms with E-state index < -0.39 is 0 Å². The SMILES string of the molecule is C.CC(C)c1nc2ccccc2[nH]1.[HH]. The molecule has 0 amide bonds. The lowest BCUT2D eigenvalue weighted by Crippen LogP contribution is -1.88. The summed E-state index contributed by atoms with van der Waals surface area (Å²) in [4.78, 5) is 7.74. The maximum atomic E-state index is 4.46. The predicted octanol–water partition coefficient (Wildman–Crippen LogP) is 3.57. The van der Waals surface area contributed by atoms with Crippen LogP contribution >= 0.6 is 0 Å². The van der Waals surface area contributed by atoms with Crippen LogP contribution in [-0.2, 0) is 0 Å². The highest BCUT2D eigenvalue weighted by Gasteiger charge is 2.04. The van der Waals surface area contributed by atoms with Crippen LogP contribution in [0.2, 0.25) is 0 Å². The molecule has 0 spiro atoms. The minimum atomic E-state index is 0. The second kappa shape index (κ2) is 3.60. The lowest BCUT2D eigenvalue weighted by Gasteiger charge is -1.95. The van der Waals surface area contributed by atoms with Gasteiger partial charge in [0.1, 0.15) is 5.82 Å². The van der Waals surface area contributed by atoms with Crippen LogP contribution in [0.5, 0.6) is 0 Å². The summed E-state index contributed by atoms with van der Waals surface area (Å²) in [7, 11) is 0. The number of hydrogen-bond donors (Lipinski definition) is 1. The molecule has 0 radical (unpaired) electrons. The standard InChI is InChI=1S/C10H12N2.CH4.H2/c1-7(2)10-11-8-5-3-4-6-9(8)12-10;;/h3-7H,1-2H3,(H,11,12);1H4;1H. The number of hydrogen-bond acceptors (Lipinski definition) is 1. The Kier molecular flexibility index (Phi) is 2.71. The van der Waals surface area contributed by atoms with Gasteiger partial charge in [-0.25, -0.2) is 4.98 Å². The van der Waals surface area contributed by atoms with E-state index in [2.05, 4.69) is 23.8 Å². The van der Waals surface area contributed by atoms with Gasteiger partial charge in [-0.15, -0.1) is 0 Å². The zero-order valence-electron chi connectivity index (χ0n) is 7.33. The zero-order chi connectivity index (χ0) is 8.55. The van der Waals surface area contributed by atoms with Crippen LogP contribution in [0.1, 0.15) is 34.4 Å². The molecule has 72 valence electrons. The van der Waals surface area contributed by atoms with Crippen LogP contribution in [-0.4, -0.2) is 9.97 Å². The molecule has 1 aromatic carbocycles. The Labute approximate surface area is 80.5 Å². The quantitative estimate of drug-likeness (QED) is 0.710. The highest BCUT2D eigenvalue weighted by Crippen LogP contribution is 2.15. The molecule has 0 aliphatic carbocycles. The summed E-state index contributed by atoms with van der Waals surface area (Å²) in [5.74, 6) is 1.54. The molecule has 2 nitrogen and oxygen atoms in total. The molecule has 0 unspecified atom stereocenters. The number of H-pyrrole nitrogens is 1. The fourth-order valence-corrected chi connectivity index (χ4v) is 1.25. The molecule has 0 aliphatic rings. The number of para-hydroxylation sites is 2. The van der Waals surface area contributed by atoms with Crippen molar-refractivity contribution in [2.45, 2.75) is 27.2 Å². The summed E-state index contributed by atoms with van der Waals surface area (Å²) in [5, 5.41) is 0. The first-order chi connectivity index (χ1) is 5.77. The normalized spacial score (nSPS) is 10.4. The van der Waals surface area contributed by atoms with Gasteiger partial charge in [0, 0.05) is 7.34 Å². The molecule has 13 heavy (non-hydrogen) atoms. The van der Waals surface area contributed by atoms with Gasteiger partial charge < -0.3 is 4.98 Å². The Morgan fingerprint density at radius 2 is 2.00 bits per heavy atom. The van der Waals surface area contributed by atoms with Crippen LogP contribution in [0.4, 0.5) is 0 Å². The lowest BCUT2D eigenvalue weighted by molar-refractivity contribution is 0.799. The molecule has 2 rings (SSSR count). The van der Waals surface area contributed by atoms with Gasteiger partial charge in [-0.05, 0) is 12.1 Å². The molecule has 2 heteroatoms. The number of aromatic amines is 1. The number of imidazole rings is 1. The monoisotopic (exact) mass is 178 g/mol. The fraction of sp³-hybridized carbons (Fsp3) is 0.364. The largest absolute Gasteiger partial charge is 0.342 e. The van der Waals surface area contributed by atoms with E-state index in [1.54, 1.807) is 0 Å². The number of aromatic nitrogens is 2. The first-order valence-electron chi connectivity index (χ1n) is 4.22. The average Bonchev–Trinajstić information content (AvgIpc) is 2.46. The Bertz CT molecular complexity index is 360. The van der Waals surface area contributed by atoms with Crippen LogP contribution in [0.25, 0.3) is 11.0 Å². The molecule has 0 bridgehead atoms. The van der Waals surface area contributed by atoms with E-state index in [1.807, 2.05) is 24.3 Å². The summed E-state index contributed by atoms with van der Waals surface area (Å²) in [6.07, 6.45) is 0. The number of rotatable bonds is 1. The van der Waals surface area contributed by atoms with Gasteiger partial charge in [0.2, 0.25) is 0 Å². The van der Waals surface area contributed by atoms with Crippen LogP contribution in [0, 0.1) is 0 Å². The summed E-state index contributed by atoms with van der Waals surface area (Å²) < 4.78 is 0. The van der Waals surface area contributed by atoms with Gasteiger partial charge in [-0.1, -0.05) is 33.4 Å². The van der Waals surface area contributed by atoms with Crippen LogP contribution in [0.15, 0.2) is 24.3 Å². The molecule has 0 saturated heterocycles. The van der Waals surface area contributed by atoms with E-state index in [1.165, 1.54) is 0 Å². The van der Waals surface area contributed by atoms with E-state index >= 15 is 0 Å².